The standard InChI is InChI=1S/C46H49BN2S/c1-44(2,3)32-23-25-37(26-24-32)49-40-30-38(48(35-19-12-10-13-20-35)36-21-14-11-15-22-36)27-28-39(40)47(34-18-16-17-33(29-34)45(4,5)6)43-41(49)31-42(50-43)46(7,8)9/h10-31H,1-9H3. The van der Waals surface area contributed by atoms with Crippen molar-refractivity contribution >= 4 is 67.9 Å². The normalized spacial score (nSPS) is 13.2. The monoisotopic (exact) mass is 672 g/mol. The summed E-state index contributed by atoms with van der Waals surface area (Å²) in [6.45, 7) is 20.9. The highest BCUT2D eigenvalue weighted by atomic mass is 32.1. The van der Waals surface area contributed by atoms with Crippen LogP contribution < -0.4 is 25.5 Å². The van der Waals surface area contributed by atoms with Crippen LogP contribution >= 0.6 is 11.3 Å². The van der Waals surface area contributed by atoms with Crippen molar-refractivity contribution < 1.29 is 0 Å². The third-order valence-corrected chi connectivity index (χ3v) is 11.5. The number of para-hydroxylation sites is 2. The van der Waals surface area contributed by atoms with Crippen molar-refractivity contribution in [2.75, 3.05) is 9.80 Å². The molecule has 0 aliphatic carbocycles. The van der Waals surface area contributed by atoms with Crippen molar-refractivity contribution in [1.29, 1.82) is 0 Å². The second kappa shape index (κ2) is 12.7. The van der Waals surface area contributed by atoms with Crippen molar-refractivity contribution in [2.24, 2.45) is 0 Å². The summed E-state index contributed by atoms with van der Waals surface area (Å²) in [6.07, 6.45) is 0. The van der Waals surface area contributed by atoms with Gasteiger partial charge in [0.1, 0.15) is 0 Å². The first-order valence-electron chi connectivity index (χ1n) is 17.9. The van der Waals surface area contributed by atoms with Gasteiger partial charge in [-0.05, 0) is 87.4 Å². The number of rotatable bonds is 5. The lowest BCUT2D eigenvalue weighted by atomic mass is 9.38. The molecular weight excluding hydrogens is 623 g/mol. The van der Waals surface area contributed by atoms with E-state index in [2.05, 4.69) is 206 Å². The van der Waals surface area contributed by atoms with Gasteiger partial charge in [0, 0.05) is 38.1 Å². The second-order valence-corrected chi connectivity index (χ2v) is 17.9. The third-order valence-electron chi connectivity index (χ3n) is 9.91. The Hall–Kier alpha value is -4.54. The molecule has 0 N–H and O–H groups in total. The molecule has 0 fully saturated rings. The fraction of sp³-hybridized carbons (Fsp3) is 0.261. The van der Waals surface area contributed by atoms with Crippen LogP contribution in [0.3, 0.4) is 0 Å². The van der Waals surface area contributed by atoms with Crippen molar-refractivity contribution in [3.8, 4) is 0 Å². The topological polar surface area (TPSA) is 6.48 Å². The molecule has 0 amide bonds. The first-order chi connectivity index (χ1) is 23.7. The fourth-order valence-corrected chi connectivity index (χ4v) is 8.38. The first-order valence-corrected chi connectivity index (χ1v) is 18.7. The predicted molar refractivity (Wildman–Crippen MR) is 221 cm³/mol. The van der Waals surface area contributed by atoms with Crippen molar-refractivity contribution in [1.82, 2.24) is 0 Å². The summed E-state index contributed by atoms with van der Waals surface area (Å²) in [5.41, 5.74) is 12.6. The first kappa shape index (κ1) is 33.9. The van der Waals surface area contributed by atoms with Crippen molar-refractivity contribution in [3.05, 3.63) is 149 Å². The van der Waals surface area contributed by atoms with Crippen LogP contribution in [0, 0.1) is 0 Å². The number of nitrogens with zero attached hydrogens (tertiary/aromatic N) is 2. The smallest absolute Gasteiger partial charge is 0.259 e. The minimum atomic E-state index is 0.0241. The predicted octanol–water partition coefficient (Wildman–Crippen LogP) is 11.4. The minimum absolute atomic E-state index is 0.0241. The van der Waals surface area contributed by atoms with Gasteiger partial charge in [-0.25, -0.2) is 0 Å². The van der Waals surface area contributed by atoms with Gasteiger partial charge in [0.2, 0.25) is 0 Å². The minimum Gasteiger partial charge on any atom is -0.311 e. The van der Waals surface area contributed by atoms with Gasteiger partial charge in [0.25, 0.3) is 6.71 Å². The van der Waals surface area contributed by atoms with Crippen LogP contribution in [0.2, 0.25) is 0 Å². The summed E-state index contributed by atoms with van der Waals surface area (Å²) in [4.78, 5) is 6.31. The van der Waals surface area contributed by atoms with Crippen LogP contribution in [0.4, 0.5) is 34.1 Å². The average Bonchev–Trinajstić information content (AvgIpc) is 3.53. The molecule has 0 saturated heterocycles. The Morgan fingerprint density at radius 2 is 1.10 bits per heavy atom. The van der Waals surface area contributed by atoms with Crippen LogP contribution in [0.5, 0.6) is 0 Å². The largest absolute Gasteiger partial charge is 0.311 e. The molecule has 0 saturated carbocycles. The Labute approximate surface area is 304 Å². The van der Waals surface area contributed by atoms with Gasteiger partial charge in [0.15, 0.2) is 0 Å². The van der Waals surface area contributed by atoms with Crippen LogP contribution in [0.1, 0.15) is 78.3 Å². The van der Waals surface area contributed by atoms with E-state index in [1.54, 1.807) is 0 Å². The van der Waals surface area contributed by atoms with Crippen LogP contribution in [-0.2, 0) is 16.2 Å². The van der Waals surface area contributed by atoms with Gasteiger partial charge in [-0.15, -0.1) is 0 Å². The number of thiophene rings is 1. The number of anilines is 6. The van der Waals surface area contributed by atoms with E-state index in [1.165, 1.54) is 48.8 Å². The highest BCUT2D eigenvalue weighted by molar-refractivity contribution is 7.28. The summed E-state index contributed by atoms with van der Waals surface area (Å²) in [6, 6.07) is 49.7. The highest BCUT2D eigenvalue weighted by Gasteiger charge is 2.39. The van der Waals surface area contributed by atoms with E-state index in [4.69, 9.17) is 0 Å². The Morgan fingerprint density at radius 1 is 0.500 bits per heavy atom. The van der Waals surface area contributed by atoms with Gasteiger partial charge in [-0.3, -0.25) is 0 Å². The van der Waals surface area contributed by atoms with E-state index in [1.807, 2.05) is 11.3 Å². The van der Waals surface area contributed by atoms with Crippen molar-refractivity contribution in [2.45, 2.75) is 78.6 Å². The van der Waals surface area contributed by atoms with Gasteiger partial charge < -0.3 is 9.80 Å². The molecule has 6 aromatic rings. The van der Waals surface area contributed by atoms with Crippen LogP contribution in [0.15, 0.2) is 133 Å². The highest BCUT2D eigenvalue weighted by Crippen LogP contribution is 2.44. The Kier molecular flexibility index (Phi) is 8.59. The number of hydrogen-bond acceptors (Lipinski definition) is 3. The zero-order valence-electron chi connectivity index (χ0n) is 31.1. The lowest BCUT2D eigenvalue weighted by Gasteiger charge is -2.37. The van der Waals surface area contributed by atoms with Crippen LogP contribution in [0.25, 0.3) is 0 Å². The fourth-order valence-electron chi connectivity index (χ4n) is 7.03. The molecule has 7 rings (SSSR count). The van der Waals surface area contributed by atoms with Gasteiger partial charge >= 0.3 is 0 Å². The molecule has 4 heteroatoms. The van der Waals surface area contributed by atoms with Crippen LogP contribution in [-0.4, -0.2) is 6.71 Å². The molecule has 0 bridgehead atoms. The van der Waals surface area contributed by atoms with E-state index in [0.717, 1.165) is 17.1 Å². The lowest BCUT2D eigenvalue weighted by molar-refractivity contribution is 0.590. The molecule has 1 aromatic heterocycles. The molecular formula is C46H49BN2S. The molecule has 0 spiro atoms. The molecule has 0 radical (unpaired) electrons. The molecule has 0 unspecified atom stereocenters. The zero-order chi connectivity index (χ0) is 35.4. The maximum Gasteiger partial charge on any atom is 0.259 e. The summed E-state index contributed by atoms with van der Waals surface area (Å²) in [7, 11) is 0. The molecule has 2 nitrogen and oxygen atoms in total. The quantitative estimate of drug-likeness (QED) is 0.168. The molecule has 1 aliphatic heterocycles. The molecule has 50 heavy (non-hydrogen) atoms. The van der Waals surface area contributed by atoms with E-state index in [-0.39, 0.29) is 23.0 Å². The number of hydrogen-bond donors (Lipinski definition) is 0. The van der Waals surface area contributed by atoms with E-state index in [0.29, 0.717) is 0 Å². The summed E-state index contributed by atoms with van der Waals surface area (Å²) in [5, 5.41) is 0. The average molecular weight is 673 g/mol. The Morgan fingerprint density at radius 3 is 1.66 bits per heavy atom. The Balaban J connectivity index is 1.51. The van der Waals surface area contributed by atoms with E-state index < -0.39 is 0 Å². The summed E-state index contributed by atoms with van der Waals surface area (Å²) < 4.78 is 1.41. The molecule has 2 heterocycles. The van der Waals surface area contributed by atoms with Gasteiger partial charge in [-0.1, -0.05) is 147 Å². The lowest BCUT2D eigenvalue weighted by Crippen LogP contribution is -2.56. The molecule has 1 aliphatic rings. The van der Waals surface area contributed by atoms with Gasteiger partial charge in [0.05, 0.1) is 5.69 Å². The second-order valence-electron chi connectivity index (χ2n) is 16.8. The maximum absolute atomic E-state index is 2.53. The molecule has 252 valence electrons. The summed E-state index contributed by atoms with van der Waals surface area (Å²) >= 11 is 1.98. The van der Waals surface area contributed by atoms with Crippen molar-refractivity contribution in [3.63, 3.8) is 0 Å². The zero-order valence-corrected chi connectivity index (χ0v) is 31.9. The number of fused-ring (bicyclic) bond motifs is 2. The van der Waals surface area contributed by atoms with E-state index in [9.17, 15) is 0 Å². The molecule has 5 aromatic carbocycles. The third kappa shape index (κ3) is 6.42. The number of benzene rings is 5. The maximum atomic E-state index is 2.53. The van der Waals surface area contributed by atoms with E-state index >= 15 is 0 Å². The molecule has 0 atom stereocenters. The Bertz CT molecular complexity index is 2070. The summed E-state index contributed by atoms with van der Waals surface area (Å²) in [5.74, 6) is 0. The SMILES string of the molecule is CC(C)(C)c1ccc(N2c3cc(N(c4ccccc4)c4ccccc4)ccc3B(c3cccc(C(C)(C)C)c3)c3sc(C(C)(C)C)cc32)cc1. The van der Waals surface area contributed by atoms with Gasteiger partial charge in [-0.2, -0.15) is 11.3 Å².